The molecule has 0 fully saturated rings. The summed E-state index contributed by atoms with van der Waals surface area (Å²) >= 11 is 0. The van der Waals surface area contributed by atoms with E-state index in [1.54, 1.807) is 0 Å². The van der Waals surface area contributed by atoms with Crippen molar-refractivity contribution in [3.63, 3.8) is 0 Å². The van der Waals surface area contributed by atoms with Crippen LogP contribution in [0, 0.1) is 13.8 Å². The number of rotatable bonds is 7. The predicted molar refractivity (Wildman–Crippen MR) is 99.5 cm³/mol. The quantitative estimate of drug-likeness (QED) is 0.594. The lowest BCUT2D eigenvalue weighted by atomic mass is 10.0. The minimum atomic E-state index is 0.131. The zero-order chi connectivity index (χ0) is 17.8. The van der Waals surface area contributed by atoms with Crippen molar-refractivity contribution in [3.8, 4) is 5.75 Å². The molecule has 0 aliphatic heterocycles. The van der Waals surface area contributed by atoms with Crippen molar-refractivity contribution in [2.45, 2.75) is 40.0 Å². The zero-order valence-corrected chi connectivity index (χ0v) is 15.1. The summed E-state index contributed by atoms with van der Waals surface area (Å²) in [6, 6.07) is 12.2. The molecule has 0 radical (unpaired) electrons. The van der Waals surface area contributed by atoms with Crippen LogP contribution in [-0.4, -0.2) is 21.8 Å². The van der Waals surface area contributed by atoms with Crippen LogP contribution in [0.15, 0.2) is 42.6 Å². The fraction of sp³-hybridized carbons (Fsp3) is 0.333. The van der Waals surface area contributed by atoms with Crippen molar-refractivity contribution in [3.05, 3.63) is 65.1 Å². The van der Waals surface area contributed by atoms with E-state index in [2.05, 4.69) is 36.2 Å². The van der Waals surface area contributed by atoms with E-state index in [0.29, 0.717) is 30.1 Å². The van der Waals surface area contributed by atoms with E-state index in [1.165, 1.54) is 11.1 Å². The summed E-state index contributed by atoms with van der Waals surface area (Å²) in [5.74, 6) is 0.846. The Kier molecular flexibility index (Phi) is 5.17. The second kappa shape index (κ2) is 7.51. The molecule has 0 bridgehead atoms. The van der Waals surface area contributed by atoms with Gasteiger partial charge in [0.05, 0.1) is 12.3 Å². The van der Waals surface area contributed by atoms with E-state index in [4.69, 9.17) is 4.74 Å². The number of ether oxygens (including phenoxy) is 1. The minimum Gasteiger partial charge on any atom is -0.490 e. The van der Waals surface area contributed by atoms with Crippen LogP contribution < -0.4 is 4.74 Å². The minimum absolute atomic E-state index is 0.131. The summed E-state index contributed by atoms with van der Waals surface area (Å²) in [6.07, 6.45) is 4.14. The van der Waals surface area contributed by atoms with Gasteiger partial charge in [0, 0.05) is 12.6 Å². The lowest BCUT2D eigenvalue weighted by Crippen LogP contribution is -2.06. The molecule has 0 unspecified atom stereocenters. The second-order valence-electron chi connectivity index (χ2n) is 6.31. The largest absolute Gasteiger partial charge is 0.490 e. The van der Waals surface area contributed by atoms with Gasteiger partial charge < -0.3 is 4.74 Å². The molecule has 3 aromatic rings. The molecule has 0 spiro atoms. The van der Waals surface area contributed by atoms with Crippen molar-refractivity contribution in [1.82, 2.24) is 9.38 Å². The Labute approximate surface area is 148 Å². The first-order valence-electron chi connectivity index (χ1n) is 8.79. The maximum Gasteiger partial charge on any atom is 0.181 e. The molecular formula is C21H24N2O2. The average Bonchev–Trinajstić information content (AvgIpc) is 2.92. The van der Waals surface area contributed by atoms with Gasteiger partial charge in [-0.3, -0.25) is 9.20 Å². The van der Waals surface area contributed by atoms with Gasteiger partial charge in [-0.15, -0.1) is 0 Å². The first-order valence-corrected chi connectivity index (χ1v) is 8.79. The number of carbonyl (C=O) groups is 1. The fourth-order valence-electron chi connectivity index (χ4n) is 3.20. The van der Waals surface area contributed by atoms with Crippen LogP contribution in [0.2, 0.25) is 0 Å². The number of hydrogen-bond donors (Lipinski definition) is 0. The molecule has 0 saturated carbocycles. The van der Waals surface area contributed by atoms with Gasteiger partial charge in [-0.25, -0.2) is 4.98 Å². The molecule has 130 valence electrons. The van der Waals surface area contributed by atoms with E-state index >= 15 is 0 Å². The molecule has 4 heteroatoms. The highest BCUT2D eigenvalue weighted by Gasteiger charge is 2.18. The second-order valence-corrected chi connectivity index (χ2v) is 6.31. The SMILES string of the molecule is CCOc1cccn2c(C(=O)CCCc3cccc(C)c3)c(C)nc12. The lowest BCUT2D eigenvalue weighted by molar-refractivity contribution is 0.0974. The number of pyridine rings is 1. The van der Waals surface area contributed by atoms with Crippen LogP contribution in [0.4, 0.5) is 0 Å². The lowest BCUT2D eigenvalue weighted by Gasteiger charge is -2.06. The van der Waals surface area contributed by atoms with E-state index < -0.39 is 0 Å². The van der Waals surface area contributed by atoms with Crippen LogP contribution in [0.1, 0.15) is 47.1 Å². The van der Waals surface area contributed by atoms with Gasteiger partial charge in [0.15, 0.2) is 17.2 Å². The van der Waals surface area contributed by atoms with E-state index in [0.717, 1.165) is 18.5 Å². The highest BCUT2D eigenvalue weighted by atomic mass is 16.5. The number of aryl methyl sites for hydroxylation is 3. The van der Waals surface area contributed by atoms with E-state index in [1.807, 2.05) is 36.6 Å². The Morgan fingerprint density at radius 3 is 2.80 bits per heavy atom. The third kappa shape index (κ3) is 3.73. The summed E-state index contributed by atoms with van der Waals surface area (Å²) < 4.78 is 7.48. The van der Waals surface area contributed by atoms with Crippen LogP contribution in [0.25, 0.3) is 5.65 Å². The van der Waals surface area contributed by atoms with Gasteiger partial charge in [-0.05, 0) is 51.3 Å². The number of ketones is 1. The summed E-state index contributed by atoms with van der Waals surface area (Å²) in [6.45, 7) is 6.49. The van der Waals surface area contributed by atoms with E-state index in [9.17, 15) is 4.79 Å². The molecule has 2 aromatic heterocycles. The smallest absolute Gasteiger partial charge is 0.181 e. The van der Waals surface area contributed by atoms with Crippen LogP contribution in [0.5, 0.6) is 5.75 Å². The molecule has 0 aliphatic rings. The van der Waals surface area contributed by atoms with Crippen molar-refractivity contribution >= 4 is 11.4 Å². The van der Waals surface area contributed by atoms with Gasteiger partial charge in [-0.1, -0.05) is 29.8 Å². The number of aromatic nitrogens is 2. The third-order valence-electron chi connectivity index (χ3n) is 4.30. The highest BCUT2D eigenvalue weighted by Crippen LogP contribution is 2.23. The molecular weight excluding hydrogens is 312 g/mol. The number of fused-ring (bicyclic) bond motifs is 1. The monoisotopic (exact) mass is 336 g/mol. The van der Waals surface area contributed by atoms with Crippen LogP contribution >= 0.6 is 0 Å². The first kappa shape index (κ1) is 17.2. The summed E-state index contributed by atoms with van der Waals surface area (Å²) in [4.78, 5) is 17.3. The van der Waals surface area contributed by atoms with Gasteiger partial charge in [-0.2, -0.15) is 0 Å². The summed E-state index contributed by atoms with van der Waals surface area (Å²) in [7, 11) is 0. The highest BCUT2D eigenvalue weighted by molar-refractivity contribution is 5.96. The van der Waals surface area contributed by atoms with Crippen LogP contribution in [-0.2, 0) is 6.42 Å². The third-order valence-corrected chi connectivity index (χ3v) is 4.30. The Balaban J connectivity index is 1.76. The number of carbonyl (C=O) groups excluding carboxylic acids is 1. The fourth-order valence-corrected chi connectivity index (χ4v) is 3.20. The van der Waals surface area contributed by atoms with Crippen LogP contribution in [0.3, 0.4) is 0 Å². The molecule has 1 aromatic carbocycles. The predicted octanol–water partition coefficient (Wildman–Crippen LogP) is 4.56. The van der Waals surface area contributed by atoms with E-state index in [-0.39, 0.29) is 5.78 Å². The molecule has 4 nitrogen and oxygen atoms in total. The Morgan fingerprint density at radius 1 is 1.20 bits per heavy atom. The molecule has 25 heavy (non-hydrogen) atoms. The number of nitrogens with zero attached hydrogens (tertiary/aromatic N) is 2. The average molecular weight is 336 g/mol. The summed E-state index contributed by atoms with van der Waals surface area (Å²) in [5, 5.41) is 0. The van der Waals surface area contributed by atoms with Gasteiger partial charge >= 0.3 is 0 Å². The normalized spacial score (nSPS) is 11.0. The Morgan fingerprint density at radius 2 is 2.04 bits per heavy atom. The van der Waals surface area contributed by atoms with Gasteiger partial charge in [0.2, 0.25) is 0 Å². The Hall–Kier alpha value is -2.62. The Bertz CT molecular complexity index is 896. The number of hydrogen-bond acceptors (Lipinski definition) is 3. The van der Waals surface area contributed by atoms with Crippen molar-refractivity contribution in [1.29, 1.82) is 0 Å². The van der Waals surface area contributed by atoms with Gasteiger partial charge in [0.25, 0.3) is 0 Å². The molecule has 0 N–H and O–H groups in total. The van der Waals surface area contributed by atoms with Crippen molar-refractivity contribution in [2.24, 2.45) is 0 Å². The number of imidazole rings is 1. The molecule has 0 amide bonds. The molecule has 3 rings (SSSR count). The molecule has 0 atom stereocenters. The zero-order valence-electron chi connectivity index (χ0n) is 15.1. The summed E-state index contributed by atoms with van der Waals surface area (Å²) in [5.41, 5.74) is 4.67. The number of Topliss-reactive ketones (excluding diaryl/α,β-unsaturated/α-hetero) is 1. The van der Waals surface area contributed by atoms with Crippen molar-refractivity contribution in [2.75, 3.05) is 6.61 Å². The molecule has 0 saturated heterocycles. The van der Waals surface area contributed by atoms with Gasteiger partial charge in [0.1, 0.15) is 5.69 Å². The maximum absolute atomic E-state index is 12.8. The number of benzene rings is 1. The van der Waals surface area contributed by atoms with Crippen molar-refractivity contribution < 1.29 is 9.53 Å². The maximum atomic E-state index is 12.8. The molecule has 0 aliphatic carbocycles. The first-order chi connectivity index (χ1) is 12.1. The standard InChI is InChI=1S/C21H24N2O2/c1-4-25-19-12-7-13-23-20(16(3)22-21(19)23)18(24)11-6-10-17-9-5-8-15(2)14-17/h5,7-9,12-14H,4,6,10-11H2,1-3H3. The molecule has 2 heterocycles. The topological polar surface area (TPSA) is 43.6 Å².